The molecule has 0 saturated carbocycles. The van der Waals surface area contributed by atoms with Crippen molar-refractivity contribution in [1.82, 2.24) is 9.97 Å². The SMILES string of the molecule is CCN(CC)c1ccc(Nc2nccc(Nc3cc(OC)ccc3OC)n2)cc1. The molecule has 0 aliphatic carbocycles. The minimum atomic E-state index is 0.507. The molecule has 7 heteroatoms. The van der Waals surface area contributed by atoms with Crippen LogP contribution in [0.1, 0.15) is 13.8 Å². The summed E-state index contributed by atoms with van der Waals surface area (Å²) in [5.74, 6) is 2.58. The normalized spacial score (nSPS) is 10.3. The number of ether oxygens (including phenoxy) is 2. The number of nitrogens with one attached hydrogen (secondary N) is 2. The summed E-state index contributed by atoms with van der Waals surface area (Å²) >= 11 is 0. The van der Waals surface area contributed by atoms with Gasteiger partial charge in [-0.1, -0.05) is 0 Å². The quantitative estimate of drug-likeness (QED) is 0.540. The number of methoxy groups -OCH3 is 2. The molecule has 1 heterocycles. The van der Waals surface area contributed by atoms with Crippen LogP contribution in [0.4, 0.5) is 28.8 Å². The van der Waals surface area contributed by atoms with Gasteiger partial charge in [0, 0.05) is 36.7 Å². The molecule has 0 aliphatic rings. The fourth-order valence-corrected chi connectivity index (χ4v) is 3.01. The van der Waals surface area contributed by atoms with Crippen molar-refractivity contribution in [2.45, 2.75) is 13.8 Å². The second-order valence-electron chi connectivity index (χ2n) is 6.30. The Kier molecular flexibility index (Phi) is 6.73. The Labute approximate surface area is 171 Å². The number of aromatic nitrogens is 2. The second-order valence-corrected chi connectivity index (χ2v) is 6.30. The molecule has 3 rings (SSSR count). The van der Waals surface area contributed by atoms with E-state index < -0.39 is 0 Å². The van der Waals surface area contributed by atoms with Gasteiger partial charge in [0.1, 0.15) is 17.3 Å². The molecule has 1 aromatic heterocycles. The predicted octanol–water partition coefficient (Wildman–Crippen LogP) is 4.83. The summed E-state index contributed by atoms with van der Waals surface area (Å²) in [5.41, 5.74) is 2.89. The Morgan fingerprint density at radius 2 is 1.66 bits per heavy atom. The predicted molar refractivity (Wildman–Crippen MR) is 118 cm³/mol. The van der Waals surface area contributed by atoms with Crippen molar-refractivity contribution in [3.63, 3.8) is 0 Å². The molecule has 0 amide bonds. The van der Waals surface area contributed by atoms with Gasteiger partial charge in [-0.2, -0.15) is 4.98 Å². The van der Waals surface area contributed by atoms with E-state index in [-0.39, 0.29) is 0 Å². The highest BCUT2D eigenvalue weighted by Gasteiger charge is 2.08. The third-order valence-corrected chi connectivity index (χ3v) is 4.58. The molecule has 29 heavy (non-hydrogen) atoms. The Morgan fingerprint density at radius 1 is 0.897 bits per heavy atom. The first-order chi connectivity index (χ1) is 14.2. The maximum absolute atomic E-state index is 5.41. The van der Waals surface area contributed by atoms with Crippen LogP contribution in [0, 0.1) is 0 Å². The largest absolute Gasteiger partial charge is 0.497 e. The zero-order valence-electron chi connectivity index (χ0n) is 17.3. The van der Waals surface area contributed by atoms with Crippen LogP contribution >= 0.6 is 0 Å². The van der Waals surface area contributed by atoms with Gasteiger partial charge in [0.25, 0.3) is 0 Å². The van der Waals surface area contributed by atoms with E-state index in [1.165, 1.54) is 5.69 Å². The molecule has 0 saturated heterocycles. The van der Waals surface area contributed by atoms with Crippen LogP contribution in [-0.4, -0.2) is 37.3 Å². The van der Waals surface area contributed by atoms with E-state index in [2.05, 4.69) is 51.5 Å². The van der Waals surface area contributed by atoms with Crippen molar-refractivity contribution in [1.29, 1.82) is 0 Å². The molecule has 0 radical (unpaired) electrons. The van der Waals surface area contributed by atoms with Gasteiger partial charge in [-0.3, -0.25) is 0 Å². The lowest BCUT2D eigenvalue weighted by Gasteiger charge is -2.21. The lowest BCUT2D eigenvalue weighted by Crippen LogP contribution is -2.21. The molecule has 7 nitrogen and oxygen atoms in total. The van der Waals surface area contributed by atoms with Crippen LogP contribution < -0.4 is 25.0 Å². The van der Waals surface area contributed by atoms with Crippen LogP contribution in [0.15, 0.2) is 54.7 Å². The number of rotatable bonds is 9. The number of nitrogens with zero attached hydrogens (tertiary/aromatic N) is 3. The van der Waals surface area contributed by atoms with Crippen molar-refractivity contribution < 1.29 is 9.47 Å². The maximum atomic E-state index is 5.41. The minimum absolute atomic E-state index is 0.507. The van der Waals surface area contributed by atoms with E-state index in [4.69, 9.17) is 9.47 Å². The van der Waals surface area contributed by atoms with Gasteiger partial charge in [-0.05, 0) is 56.3 Å². The average molecular weight is 393 g/mol. The van der Waals surface area contributed by atoms with Crippen molar-refractivity contribution >= 4 is 28.8 Å². The molecule has 0 spiro atoms. The van der Waals surface area contributed by atoms with E-state index in [1.807, 2.05) is 30.3 Å². The third kappa shape index (κ3) is 5.07. The molecule has 0 fully saturated rings. The molecule has 0 bridgehead atoms. The third-order valence-electron chi connectivity index (χ3n) is 4.58. The molecule has 0 atom stereocenters. The van der Waals surface area contributed by atoms with Crippen LogP contribution in [0.5, 0.6) is 11.5 Å². The summed E-state index contributed by atoms with van der Waals surface area (Å²) in [7, 11) is 3.26. The zero-order chi connectivity index (χ0) is 20.6. The first-order valence-electron chi connectivity index (χ1n) is 9.61. The highest BCUT2D eigenvalue weighted by molar-refractivity contribution is 5.67. The van der Waals surface area contributed by atoms with Gasteiger partial charge in [0.2, 0.25) is 5.95 Å². The van der Waals surface area contributed by atoms with Crippen molar-refractivity contribution in [2.24, 2.45) is 0 Å². The number of benzene rings is 2. The zero-order valence-corrected chi connectivity index (χ0v) is 17.3. The number of hydrogen-bond acceptors (Lipinski definition) is 7. The summed E-state index contributed by atoms with van der Waals surface area (Å²) in [6.45, 7) is 6.26. The Morgan fingerprint density at radius 3 is 2.31 bits per heavy atom. The molecule has 2 N–H and O–H groups in total. The standard InChI is InChI=1S/C22H27N5O2/c1-5-27(6-2)17-9-7-16(8-10-17)24-22-23-14-13-21(26-22)25-19-15-18(28-3)11-12-20(19)29-4/h7-15H,5-6H2,1-4H3,(H2,23,24,25,26). The lowest BCUT2D eigenvalue weighted by atomic mass is 10.2. The fraction of sp³-hybridized carbons (Fsp3) is 0.273. The maximum Gasteiger partial charge on any atom is 0.229 e. The molecular weight excluding hydrogens is 366 g/mol. The van der Waals surface area contributed by atoms with Crippen LogP contribution in [0.2, 0.25) is 0 Å². The first kappa shape index (κ1) is 20.3. The summed E-state index contributed by atoms with van der Waals surface area (Å²) in [4.78, 5) is 11.2. The average Bonchev–Trinajstić information content (AvgIpc) is 2.76. The first-order valence-corrected chi connectivity index (χ1v) is 9.61. The molecule has 152 valence electrons. The number of anilines is 5. The lowest BCUT2D eigenvalue weighted by molar-refractivity contribution is 0.405. The van der Waals surface area contributed by atoms with Crippen molar-refractivity contribution in [3.8, 4) is 11.5 Å². The van der Waals surface area contributed by atoms with Gasteiger partial charge in [-0.25, -0.2) is 4.98 Å². The summed E-state index contributed by atoms with van der Waals surface area (Å²) < 4.78 is 10.7. The topological polar surface area (TPSA) is 71.5 Å². The fourth-order valence-electron chi connectivity index (χ4n) is 3.01. The Balaban J connectivity index is 1.75. The van der Waals surface area contributed by atoms with Gasteiger partial charge in [-0.15, -0.1) is 0 Å². The smallest absolute Gasteiger partial charge is 0.229 e. The molecule has 3 aromatic rings. The van der Waals surface area contributed by atoms with Crippen LogP contribution in [0.25, 0.3) is 0 Å². The number of hydrogen-bond donors (Lipinski definition) is 2. The van der Waals surface area contributed by atoms with Crippen LogP contribution in [-0.2, 0) is 0 Å². The van der Waals surface area contributed by atoms with Crippen molar-refractivity contribution in [3.05, 3.63) is 54.7 Å². The van der Waals surface area contributed by atoms with E-state index >= 15 is 0 Å². The highest BCUT2D eigenvalue weighted by Crippen LogP contribution is 2.31. The van der Waals surface area contributed by atoms with E-state index in [1.54, 1.807) is 26.5 Å². The Hall–Kier alpha value is -3.48. The summed E-state index contributed by atoms with van der Waals surface area (Å²) in [5, 5.41) is 6.51. The molecular formula is C22H27N5O2. The van der Waals surface area contributed by atoms with E-state index in [9.17, 15) is 0 Å². The summed E-state index contributed by atoms with van der Waals surface area (Å²) in [6.07, 6.45) is 1.70. The minimum Gasteiger partial charge on any atom is -0.497 e. The Bertz CT molecular complexity index is 927. The highest BCUT2D eigenvalue weighted by atomic mass is 16.5. The van der Waals surface area contributed by atoms with Crippen molar-refractivity contribution in [2.75, 3.05) is 42.8 Å². The van der Waals surface area contributed by atoms with Gasteiger partial charge < -0.3 is 25.0 Å². The van der Waals surface area contributed by atoms with Gasteiger partial charge in [0.15, 0.2) is 0 Å². The molecule has 0 aliphatic heterocycles. The van der Waals surface area contributed by atoms with E-state index in [0.29, 0.717) is 17.5 Å². The molecule has 0 unspecified atom stereocenters. The summed E-state index contributed by atoms with van der Waals surface area (Å²) in [6, 6.07) is 15.6. The monoisotopic (exact) mass is 393 g/mol. The van der Waals surface area contributed by atoms with E-state index in [0.717, 1.165) is 30.2 Å². The van der Waals surface area contributed by atoms with Gasteiger partial charge in [0.05, 0.1) is 19.9 Å². The second kappa shape index (κ2) is 9.64. The van der Waals surface area contributed by atoms with Crippen LogP contribution in [0.3, 0.4) is 0 Å². The molecule has 2 aromatic carbocycles. The van der Waals surface area contributed by atoms with Gasteiger partial charge >= 0.3 is 0 Å².